The number of nitrogens with zero attached hydrogens (tertiary/aromatic N) is 2. The van der Waals surface area contributed by atoms with Crippen LogP contribution in [0, 0.1) is 13.8 Å². The third-order valence-corrected chi connectivity index (χ3v) is 3.58. The van der Waals surface area contributed by atoms with Gasteiger partial charge in [0.2, 0.25) is 0 Å². The van der Waals surface area contributed by atoms with Gasteiger partial charge in [0.05, 0.1) is 0 Å². The molecule has 0 fully saturated rings. The first-order valence-electron chi connectivity index (χ1n) is 7.22. The second-order valence-electron chi connectivity index (χ2n) is 5.24. The molecule has 5 nitrogen and oxygen atoms in total. The molecule has 1 aromatic carbocycles. The molecule has 5 heteroatoms. The van der Waals surface area contributed by atoms with Crippen molar-refractivity contribution in [1.82, 2.24) is 9.97 Å². The minimum Gasteiger partial charge on any atom is -0.363 e. The standard InChI is InChI=1S/C16H23N5/c1-5-14-19-15(11(3)16(20-14)21-17)18-12(4)13-8-6-10(2)7-9-13/h6-9,12H,5,17H2,1-4H3,(H2,18,19,20,21). The topological polar surface area (TPSA) is 75.9 Å². The zero-order chi connectivity index (χ0) is 15.4. The van der Waals surface area contributed by atoms with Gasteiger partial charge in [-0.3, -0.25) is 0 Å². The van der Waals surface area contributed by atoms with Crippen molar-refractivity contribution < 1.29 is 0 Å². The van der Waals surface area contributed by atoms with Crippen molar-refractivity contribution in [1.29, 1.82) is 0 Å². The summed E-state index contributed by atoms with van der Waals surface area (Å²) in [6, 6.07) is 8.66. The SMILES string of the molecule is CCc1nc(NN)c(C)c(NC(C)c2ccc(C)cc2)n1. The highest BCUT2D eigenvalue weighted by atomic mass is 15.3. The van der Waals surface area contributed by atoms with Crippen LogP contribution >= 0.6 is 0 Å². The highest BCUT2D eigenvalue weighted by Gasteiger charge is 2.12. The summed E-state index contributed by atoms with van der Waals surface area (Å²) in [6.45, 7) is 8.19. The van der Waals surface area contributed by atoms with Gasteiger partial charge in [-0.25, -0.2) is 15.8 Å². The summed E-state index contributed by atoms with van der Waals surface area (Å²) >= 11 is 0. The van der Waals surface area contributed by atoms with Crippen molar-refractivity contribution >= 4 is 11.6 Å². The molecule has 2 aromatic rings. The molecule has 1 unspecified atom stereocenters. The number of nitrogen functional groups attached to an aromatic ring is 1. The number of rotatable bonds is 5. The van der Waals surface area contributed by atoms with Crippen LogP contribution in [0.25, 0.3) is 0 Å². The Morgan fingerprint density at radius 2 is 1.71 bits per heavy atom. The van der Waals surface area contributed by atoms with Crippen molar-refractivity contribution in [2.75, 3.05) is 10.7 Å². The molecular formula is C16H23N5. The van der Waals surface area contributed by atoms with Crippen molar-refractivity contribution in [3.05, 3.63) is 46.8 Å². The summed E-state index contributed by atoms with van der Waals surface area (Å²) < 4.78 is 0. The van der Waals surface area contributed by atoms with Gasteiger partial charge in [-0.1, -0.05) is 36.8 Å². The van der Waals surface area contributed by atoms with E-state index in [1.807, 2.05) is 13.8 Å². The van der Waals surface area contributed by atoms with Crippen molar-refractivity contribution in [3.8, 4) is 0 Å². The summed E-state index contributed by atoms with van der Waals surface area (Å²) in [5.41, 5.74) is 6.04. The fraction of sp³-hybridized carbons (Fsp3) is 0.375. The summed E-state index contributed by atoms with van der Waals surface area (Å²) in [5, 5.41) is 3.45. The van der Waals surface area contributed by atoms with Gasteiger partial charge in [-0.15, -0.1) is 0 Å². The Balaban J connectivity index is 2.27. The predicted molar refractivity (Wildman–Crippen MR) is 87.2 cm³/mol. The molecule has 2 rings (SSSR count). The Kier molecular flexibility index (Phi) is 4.75. The number of nitrogens with two attached hydrogens (primary N) is 1. The second kappa shape index (κ2) is 6.54. The number of hydrazine groups is 1. The first kappa shape index (κ1) is 15.3. The Labute approximate surface area is 126 Å². The van der Waals surface area contributed by atoms with Crippen LogP contribution in [0.1, 0.15) is 42.4 Å². The van der Waals surface area contributed by atoms with E-state index in [9.17, 15) is 0 Å². The molecule has 0 amide bonds. The van der Waals surface area contributed by atoms with Crippen LogP contribution in [-0.4, -0.2) is 9.97 Å². The molecule has 0 bridgehead atoms. The second-order valence-corrected chi connectivity index (χ2v) is 5.24. The lowest BCUT2D eigenvalue weighted by molar-refractivity contribution is 0.851. The van der Waals surface area contributed by atoms with E-state index in [0.717, 1.165) is 23.6 Å². The van der Waals surface area contributed by atoms with E-state index in [0.29, 0.717) is 5.82 Å². The van der Waals surface area contributed by atoms with Gasteiger partial charge in [0, 0.05) is 18.0 Å². The minimum atomic E-state index is 0.162. The zero-order valence-electron chi connectivity index (χ0n) is 13.1. The van der Waals surface area contributed by atoms with Crippen LogP contribution in [0.2, 0.25) is 0 Å². The van der Waals surface area contributed by atoms with E-state index in [2.05, 4.69) is 58.8 Å². The number of aromatic nitrogens is 2. The highest BCUT2D eigenvalue weighted by molar-refractivity contribution is 5.57. The van der Waals surface area contributed by atoms with Crippen LogP contribution in [0.15, 0.2) is 24.3 Å². The highest BCUT2D eigenvalue weighted by Crippen LogP contribution is 2.24. The van der Waals surface area contributed by atoms with Crippen molar-refractivity contribution in [2.45, 2.75) is 40.2 Å². The van der Waals surface area contributed by atoms with E-state index < -0.39 is 0 Å². The molecule has 4 N–H and O–H groups in total. The molecule has 0 saturated carbocycles. The van der Waals surface area contributed by atoms with Gasteiger partial charge in [-0.05, 0) is 26.3 Å². The summed E-state index contributed by atoms with van der Waals surface area (Å²) in [5.74, 6) is 7.79. The molecule has 0 radical (unpaired) electrons. The van der Waals surface area contributed by atoms with Crippen molar-refractivity contribution in [2.24, 2.45) is 5.84 Å². The van der Waals surface area contributed by atoms with Crippen LogP contribution in [-0.2, 0) is 6.42 Å². The van der Waals surface area contributed by atoms with E-state index in [1.165, 1.54) is 11.1 Å². The Morgan fingerprint density at radius 3 is 2.29 bits per heavy atom. The molecule has 1 aromatic heterocycles. The van der Waals surface area contributed by atoms with Gasteiger partial charge < -0.3 is 10.7 Å². The molecule has 0 aliphatic rings. The van der Waals surface area contributed by atoms with E-state index in [4.69, 9.17) is 5.84 Å². The quantitative estimate of drug-likeness (QED) is 0.581. The van der Waals surface area contributed by atoms with E-state index in [1.54, 1.807) is 0 Å². The number of anilines is 2. The van der Waals surface area contributed by atoms with Crippen molar-refractivity contribution in [3.63, 3.8) is 0 Å². The zero-order valence-corrected chi connectivity index (χ0v) is 13.1. The Hall–Kier alpha value is -2.14. The number of benzene rings is 1. The number of hydrogen-bond donors (Lipinski definition) is 3. The van der Waals surface area contributed by atoms with E-state index in [-0.39, 0.29) is 6.04 Å². The largest absolute Gasteiger partial charge is 0.363 e. The molecule has 21 heavy (non-hydrogen) atoms. The number of nitrogens with one attached hydrogen (secondary N) is 2. The lowest BCUT2D eigenvalue weighted by Crippen LogP contribution is -2.16. The minimum absolute atomic E-state index is 0.162. The average molecular weight is 285 g/mol. The lowest BCUT2D eigenvalue weighted by Gasteiger charge is -2.18. The molecule has 0 aliphatic carbocycles. The normalized spacial score (nSPS) is 12.0. The fourth-order valence-corrected chi connectivity index (χ4v) is 2.15. The molecule has 1 heterocycles. The van der Waals surface area contributed by atoms with Crippen LogP contribution in [0.5, 0.6) is 0 Å². The van der Waals surface area contributed by atoms with Gasteiger partial charge in [0.15, 0.2) is 0 Å². The first-order chi connectivity index (χ1) is 10.0. The number of aryl methyl sites for hydroxylation is 2. The fourth-order valence-electron chi connectivity index (χ4n) is 2.15. The van der Waals surface area contributed by atoms with E-state index >= 15 is 0 Å². The summed E-state index contributed by atoms with van der Waals surface area (Å²) in [4.78, 5) is 8.94. The smallest absolute Gasteiger partial charge is 0.148 e. The monoisotopic (exact) mass is 285 g/mol. The Morgan fingerprint density at radius 1 is 1.10 bits per heavy atom. The molecule has 1 atom stereocenters. The lowest BCUT2D eigenvalue weighted by atomic mass is 10.1. The molecule has 0 saturated heterocycles. The average Bonchev–Trinajstić information content (AvgIpc) is 2.49. The van der Waals surface area contributed by atoms with Crippen LogP contribution in [0.4, 0.5) is 11.6 Å². The Bertz CT molecular complexity index is 607. The third-order valence-electron chi connectivity index (χ3n) is 3.58. The third kappa shape index (κ3) is 3.49. The maximum absolute atomic E-state index is 5.53. The predicted octanol–water partition coefficient (Wildman–Crippen LogP) is 3.11. The number of hydrogen-bond acceptors (Lipinski definition) is 5. The van der Waals surface area contributed by atoms with Crippen LogP contribution in [0.3, 0.4) is 0 Å². The summed E-state index contributed by atoms with van der Waals surface area (Å²) in [6.07, 6.45) is 0.766. The molecular weight excluding hydrogens is 262 g/mol. The molecule has 0 spiro atoms. The van der Waals surface area contributed by atoms with Gasteiger partial charge in [-0.2, -0.15) is 0 Å². The molecule has 112 valence electrons. The molecule has 0 aliphatic heterocycles. The van der Waals surface area contributed by atoms with Gasteiger partial charge in [0.1, 0.15) is 17.5 Å². The summed E-state index contributed by atoms with van der Waals surface area (Å²) in [7, 11) is 0. The van der Waals surface area contributed by atoms with Gasteiger partial charge in [0.25, 0.3) is 0 Å². The first-order valence-corrected chi connectivity index (χ1v) is 7.22. The maximum Gasteiger partial charge on any atom is 0.148 e. The van der Waals surface area contributed by atoms with Gasteiger partial charge >= 0.3 is 0 Å². The maximum atomic E-state index is 5.53. The van der Waals surface area contributed by atoms with Crippen LogP contribution < -0.4 is 16.6 Å².